The average molecular weight is 543 g/mol. The summed E-state index contributed by atoms with van der Waals surface area (Å²) in [5, 5.41) is 2.52. The number of rotatable bonds is 9. The molecule has 1 amide bonds. The van der Waals surface area contributed by atoms with Crippen molar-refractivity contribution in [2.24, 2.45) is 0 Å². The standard InChI is InChI=1S/C25H27F5N4O4/c1-3-24(26,27)15-37-18-6-4-10-31-22(18)38-17-7-8-19-32-20(16(2)34(19)12-17)21(35)33-23(13-25(28,29)30)9-5-11-36-14-23/h4,6-8,10,12H,3,5,9,11,13-15H2,1-2H3,(H,33,35). The first kappa shape index (κ1) is 27.6. The van der Waals surface area contributed by atoms with Crippen molar-refractivity contribution in [3.05, 3.63) is 48.0 Å². The van der Waals surface area contributed by atoms with Gasteiger partial charge in [-0.2, -0.15) is 13.2 Å². The number of carbonyl (C=O) groups excluding carboxylic acids is 1. The molecule has 0 bridgehead atoms. The third-order valence-corrected chi connectivity index (χ3v) is 6.19. The van der Waals surface area contributed by atoms with Crippen LogP contribution in [0.5, 0.6) is 17.4 Å². The van der Waals surface area contributed by atoms with Crippen LogP contribution in [0.4, 0.5) is 22.0 Å². The molecule has 0 aliphatic carbocycles. The van der Waals surface area contributed by atoms with E-state index in [9.17, 15) is 26.7 Å². The zero-order valence-corrected chi connectivity index (χ0v) is 20.8. The highest BCUT2D eigenvalue weighted by molar-refractivity contribution is 5.94. The Bertz CT molecular complexity index is 1290. The quantitative estimate of drug-likeness (QED) is 0.360. The van der Waals surface area contributed by atoms with Crippen molar-refractivity contribution in [1.29, 1.82) is 0 Å². The number of hydrogen-bond acceptors (Lipinski definition) is 6. The zero-order chi connectivity index (χ0) is 27.6. The van der Waals surface area contributed by atoms with E-state index in [0.29, 0.717) is 24.4 Å². The van der Waals surface area contributed by atoms with Crippen LogP contribution >= 0.6 is 0 Å². The number of hydrogen-bond donors (Lipinski definition) is 1. The third-order valence-electron chi connectivity index (χ3n) is 6.19. The van der Waals surface area contributed by atoms with Crippen molar-refractivity contribution in [1.82, 2.24) is 19.7 Å². The lowest BCUT2D eigenvalue weighted by molar-refractivity contribution is -0.160. The van der Waals surface area contributed by atoms with E-state index in [1.54, 1.807) is 13.0 Å². The lowest BCUT2D eigenvalue weighted by atomic mass is 9.88. The minimum atomic E-state index is -4.49. The molecule has 4 heterocycles. The van der Waals surface area contributed by atoms with Crippen LogP contribution in [0.2, 0.25) is 0 Å². The maximum Gasteiger partial charge on any atom is 0.391 e. The molecule has 3 aromatic heterocycles. The fourth-order valence-corrected chi connectivity index (χ4v) is 4.20. The molecular weight excluding hydrogens is 515 g/mol. The number of aromatic nitrogens is 3. The normalized spacial score (nSPS) is 18.4. The molecule has 1 atom stereocenters. The largest absolute Gasteiger partial charge is 0.482 e. The van der Waals surface area contributed by atoms with E-state index in [-0.39, 0.29) is 42.5 Å². The third kappa shape index (κ3) is 6.50. The lowest BCUT2D eigenvalue weighted by Gasteiger charge is -2.38. The number of nitrogens with one attached hydrogen (secondary N) is 1. The number of amides is 1. The van der Waals surface area contributed by atoms with Crippen LogP contribution in [0.25, 0.3) is 5.65 Å². The lowest BCUT2D eigenvalue weighted by Crippen LogP contribution is -2.56. The van der Waals surface area contributed by atoms with Crippen LogP contribution in [0.1, 0.15) is 48.8 Å². The van der Waals surface area contributed by atoms with E-state index in [1.807, 2.05) is 0 Å². The van der Waals surface area contributed by atoms with Crippen molar-refractivity contribution in [3.63, 3.8) is 0 Å². The summed E-state index contributed by atoms with van der Waals surface area (Å²) in [4.78, 5) is 21.4. The highest BCUT2D eigenvalue weighted by Gasteiger charge is 2.45. The highest BCUT2D eigenvalue weighted by atomic mass is 19.4. The first-order valence-electron chi connectivity index (χ1n) is 12.0. The molecule has 0 saturated carbocycles. The van der Waals surface area contributed by atoms with E-state index >= 15 is 0 Å². The van der Waals surface area contributed by atoms with Crippen molar-refractivity contribution >= 4 is 11.6 Å². The van der Waals surface area contributed by atoms with Crippen LogP contribution in [-0.4, -0.2) is 57.7 Å². The first-order chi connectivity index (χ1) is 17.9. The number of imidazole rings is 1. The Hall–Kier alpha value is -3.48. The first-order valence-corrected chi connectivity index (χ1v) is 12.0. The summed E-state index contributed by atoms with van der Waals surface area (Å²) >= 11 is 0. The molecule has 13 heteroatoms. The van der Waals surface area contributed by atoms with Gasteiger partial charge in [0.05, 0.1) is 30.5 Å². The zero-order valence-electron chi connectivity index (χ0n) is 20.8. The van der Waals surface area contributed by atoms with Crippen LogP contribution in [-0.2, 0) is 4.74 Å². The smallest absolute Gasteiger partial charge is 0.391 e. The van der Waals surface area contributed by atoms with Gasteiger partial charge >= 0.3 is 6.18 Å². The van der Waals surface area contributed by atoms with E-state index in [0.717, 1.165) is 0 Å². The number of alkyl halides is 5. The van der Waals surface area contributed by atoms with Crippen molar-refractivity contribution in [3.8, 4) is 17.4 Å². The van der Waals surface area contributed by atoms with Crippen LogP contribution in [0.15, 0.2) is 36.7 Å². The molecule has 0 radical (unpaired) electrons. The van der Waals surface area contributed by atoms with Crippen LogP contribution in [0, 0.1) is 6.92 Å². The number of pyridine rings is 2. The monoisotopic (exact) mass is 542 g/mol. The molecule has 1 saturated heterocycles. The van der Waals surface area contributed by atoms with Crippen molar-refractivity contribution in [2.45, 2.75) is 57.2 Å². The maximum absolute atomic E-state index is 13.6. The predicted octanol–water partition coefficient (Wildman–Crippen LogP) is 5.49. The molecule has 3 aromatic rings. The second-order valence-corrected chi connectivity index (χ2v) is 9.23. The number of carbonyl (C=O) groups is 1. The molecule has 8 nitrogen and oxygen atoms in total. The molecule has 38 heavy (non-hydrogen) atoms. The fraction of sp³-hybridized carbons (Fsp3) is 0.480. The Morgan fingerprint density at radius 3 is 2.71 bits per heavy atom. The summed E-state index contributed by atoms with van der Waals surface area (Å²) in [7, 11) is 0. The Morgan fingerprint density at radius 2 is 2.03 bits per heavy atom. The van der Waals surface area contributed by atoms with Gasteiger partial charge in [0, 0.05) is 19.2 Å². The van der Waals surface area contributed by atoms with Gasteiger partial charge in [-0.15, -0.1) is 0 Å². The molecule has 1 aliphatic heterocycles. The molecular formula is C25H27F5N4O4. The molecule has 4 rings (SSSR count). The number of nitrogens with zero attached hydrogens (tertiary/aromatic N) is 3. The predicted molar refractivity (Wildman–Crippen MR) is 126 cm³/mol. The van der Waals surface area contributed by atoms with E-state index in [1.165, 1.54) is 41.9 Å². The fourth-order valence-electron chi connectivity index (χ4n) is 4.20. The number of ether oxygens (including phenoxy) is 3. The molecule has 0 spiro atoms. The number of aryl methyl sites for hydroxylation is 1. The minimum absolute atomic E-state index is 0.0211. The van der Waals surface area contributed by atoms with Crippen LogP contribution < -0.4 is 14.8 Å². The molecule has 206 valence electrons. The molecule has 1 unspecified atom stereocenters. The molecule has 1 fully saturated rings. The Kier molecular flexibility index (Phi) is 7.77. The molecule has 1 N–H and O–H groups in total. The Labute approximate surface area is 215 Å². The van der Waals surface area contributed by atoms with Gasteiger partial charge in [0.15, 0.2) is 12.4 Å². The summed E-state index contributed by atoms with van der Waals surface area (Å²) in [6.07, 6.45) is -2.67. The summed E-state index contributed by atoms with van der Waals surface area (Å²) < 4.78 is 84.9. The summed E-state index contributed by atoms with van der Waals surface area (Å²) in [6.45, 7) is 2.18. The van der Waals surface area contributed by atoms with Gasteiger partial charge in [-0.25, -0.2) is 18.7 Å². The van der Waals surface area contributed by atoms with Crippen LogP contribution in [0.3, 0.4) is 0 Å². The summed E-state index contributed by atoms with van der Waals surface area (Å²) in [5.74, 6) is -3.54. The maximum atomic E-state index is 13.6. The van der Waals surface area contributed by atoms with Gasteiger partial charge in [-0.1, -0.05) is 6.92 Å². The molecule has 0 aromatic carbocycles. The summed E-state index contributed by atoms with van der Waals surface area (Å²) in [6, 6.07) is 6.04. The minimum Gasteiger partial charge on any atom is -0.482 e. The van der Waals surface area contributed by atoms with E-state index in [2.05, 4.69) is 15.3 Å². The van der Waals surface area contributed by atoms with Gasteiger partial charge in [0.2, 0.25) is 0 Å². The number of fused-ring (bicyclic) bond motifs is 1. The van der Waals surface area contributed by atoms with E-state index < -0.39 is 36.6 Å². The molecule has 1 aliphatic rings. The topological polar surface area (TPSA) is 87.0 Å². The van der Waals surface area contributed by atoms with Gasteiger partial charge in [-0.3, -0.25) is 9.20 Å². The Morgan fingerprint density at radius 1 is 1.24 bits per heavy atom. The number of halogens is 5. The second kappa shape index (κ2) is 10.7. The Balaban J connectivity index is 1.55. The van der Waals surface area contributed by atoms with Gasteiger partial charge in [0.25, 0.3) is 17.7 Å². The van der Waals surface area contributed by atoms with Gasteiger partial charge < -0.3 is 19.5 Å². The van der Waals surface area contributed by atoms with Crippen molar-refractivity contribution < 1.29 is 41.0 Å². The SMILES string of the molecule is CCC(F)(F)COc1cccnc1Oc1ccc2nc(C(=O)NC3(CC(F)(F)F)CCCOC3)c(C)n2c1. The van der Waals surface area contributed by atoms with Gasteiger partial charge in [0.1, 0.15) is 17.1 Å². The van der Waals surface area contributed by atoms with Gasteiger partial charge in [-0.05, 0) is 44.0 Å². The van der Waals surface area contributed by atoms with E-state index in [4.69, 9.17) is 14.2 Å². The summed E-state index contributed by atoms with van der Waals surface area (Å²) in [5.41, 5.74) is -0.904. The average Bonchev–Trinajstić information content (AvgIpc) is 3.19. The van der Waals surface area contributed by atoms with Crippen molar-refractivity contribution in [2.75, 3.05) is 19.8 Å². The highest BCUT2D eigenvalue weighted by Crippen LogP contribution is 2.34. The second-order valence-electron chi connectivity index (χ2n) is 9.23.